The maximum Gasteiger partial charge on any atom is 0.265 e. The average molecular weight is 716 g/mol. The summed E-state index contributed by atoms with van der Waals surface area (Å²) in [5, 5.41) is 0.717. The van der Waals surface area contributed by atoms with Crippen LogP contribution in [0.25, 0.3) is 0 Å². The molecule has 2 aliphatic carbocycles. The molecular formula is C37H47ClFN3O6S. The van der Waals surface area contributed by atoms with E-state index in [2.05, 4.69) is 26.7 Å². The first-order valence-electron chi connectivity index (χ1n) is 17.6. The Bertz CT molecular complexity index is 1700. The van der Waals surface area contributed by atoms with Gasteiger partial charge in [-0.1, -0.05) is 29.8 Å². The van der Waals surface area contributed by atoms with Gasteiger partial charge in [-0.05, 0) is 106 Å². The van der Waals surface area contributed by atoms with Crippen LogP contribution < -0.4 is 14.4 Å². The van der Waals surface area contributed by atoms with Crippen molar-refractivity contribution in [1.29, 1.82) is 0 Å². The quantitative estimate of drug-likeness (QED) is 0.419. The van der Waals surface area contributed by atoms with Crippen molar-refractivity contribution in [2.24, 2.45) is 11.8 Å². The van der Waals surface area contributed by atoms with E-state index in [-0.39, 0.29) is 34.9 Å². The van der Waals surface area contributed by atoms with Gasteiger partial charge in [0, 0.05) is 43.2 Å². The first kappa shape index (κ1) is 34.7. The SMILES string of the molecule is CC1(C)OC/C=C\[C@H](OCCN2CC[C@@H](F)C2)[C@@H]2CC[C@H]2CN2C[C@@]3(CCCc4cc(Cl)ccc43)COc3ccc(cc32)S(=O)(=O)NC1=O. The second-order valence-corrected chi connectivity index (χ2v) is 17.1. The average Bonchev–Trinajstić information content (AvgIpc) is 3.40. The van der Waals surface area contributed by atoms with E-state index in [1.165, 1.54) is 17.2 Å². The third-order valence-corrected chi connectivity index (χ3v) is 12.8. The van der Waals surface area contributed by atoms with Crippen LogP contribution in [0.1, 0.15) is 57.1 Å². The van der Waals surface area contributed by atoms with Gasteiger partial charge in [-0.3, -0.25) is 9.69 Å². The molecular weight excluding hydrogens is 669 g/mol. The highest BCUT2D eigenvalue weighted by Gasteiger charge is 2.45. The Morgan fingerprint density at radius 1 is 1.12 bits per heavy atom. The molecule has 2 aromatic rings. The fourth-order valence-electron chi connectivity index (χ4n) is 8.24. The maximum atomic E-state index is 13.8. The maximum absolute atomic E-state index is 13.8. The van der Waals surface area contributed by atoms with Gasteiger partial charge < -0.3 is 19.1 Å². The number of amides is 1. The number of alkyl halides is 1. The number of nitrogens with one attached hydrogen (secondary N) is 1. The van der Waals surface area contributed by atoms with Crippen molar-refractivity contribution in [3.05, 3.63) is 64.7 Å². The summed E-state index contributed by atoms with van der Waals surface area (Å²) in [6.07, 6.45) is 8.38. The number of hydrogen-bond donors (Lipinski definition) is 1. The molecule has 1 saturated carbocycles. The Morgan fingerprint density at radius 2 is 1.98 bits per heavy atom. The van der Waals surface area contributed by atoms with Crippen LogP contribution in [-0.4, -0.2) is 89.6 Å². The number of aryl methyl sites for hydroxylation is 1. The van der Waals surface area contributed by atoms with Crippen molar-refractivity contribution >= 4 is 33.2 Å². The van der Waals surface area contributed by atoms with Crippen molar-refractivity contribution in [3.8, 4) is 5.75 Å². The highest BCUT2D eigenvalue weighted by atomic mass is 35.5. The number of fused-ring (bicyclic) bond motifs is 4. The van der Waals surface area contributed by atoms with Gasteiger partial charge >= 0.3 is 0 Å². The summed E-state index contributed by atoms with van der Waals surface area (Å²) < 4.78 is 62.4. The first-order chi connectivity index (χ1) is 23.4. The lowest BCUT2D eigenvalue weighted by atomic mass is 9.68. The molecule has 1 spiro atoms. The summed E-state index contributed by atoms with van der Waals surface area (Å²) in [5.41, 5.74) is 1.44. The topological polar surface area (TPSA) is 97.4 Å². The van der Waals surface area contributed by atoms with Gasteiger partial charge in [0.05, 0.1) is 36.5 Å². The highest BCUT2D eigenvalue weighted by Crippen LogP contribution is 2.47. The van der Waals surface area contributed by atoms with Gasteiger partial charge in [0.1, 0.15) is 17.5 Å². The van der Waals surface area contributed by atoms with Gasteiger partial charge in [0.25, 0.3) is 15.9 Å². The summed E-state index contributed by atoms with van der Waals surface area (Å²) >= 11 is 6.44. The molecule has 0 unspecified atom stereocenters. The zero-order chi connectivity index (χ0) is 34.4. The minimum atomic E-state index is -4.21. The summed E-state index contributed by atoms with van der Waals surface area (Å²) in [4.78, 5) is 17.7. The number of likely N-dealkylation sites (tertiary alicyclic amines) is 1. The number of benzene rings is 2. The second-order valence-electron chi connectivity index (χ2n) is 14.9. The van der Waals surface area contributed by atoms with Gasteiger partial charge in [-0.15, -0.1) is 0 Å². The Morgan fingerprint density at radius 3 is 2.76 bits per heavy atom. The molecule has 2 aromatic carbocycles. The van der Waals surface area contributed by atoms with E-state index >= 15 is 0 Å². The zero-order valence-corrected chi connectivity index (χ0v) is 29.9. The number of hydrogen-bond acceptors (Lipinski definition) is 8. The lowest BCUT2D eigenvalue weighted by Gasteiger charge is -2.46. The predicted octanol–water partition coefficient (Wildman–Crippen LogP) is 5.44. The Balaban J connectivity index is 1.24. The minimum absolute atomic E-state index is 0.00781. The van der Waals surface area contributed by atoms with Crippen molar-refractivity contribution in [3.63, 3.8) is 0 Å². The van der Waals surface area contributed by atoms with E-state index in [0.29, 0.717) is 57.3 Å². The molecule has 1 amide bonds. The molecule has 2 fully saturated rings. The summed E-state index contributed by atoms with van der Waals surface area (Å²) in [7, 11) is -4.21. The van der Waals surface area contributed by atoms with Gasteiger partial charge in [-0.2, -0.15) is 0 Å². The van der Waals surface area contributed by atoms with E-state index in [1.807, 2.05) is 18.2 Å². The molecule has 12 heteroatoms. The van der Waals surface area contributed by atoms with Crippen LogP contribution in [0.3, 0.4) is 0 Å². The van der Waals surface area contributed by atoms with Crippen LogP contribution in [0.2, 0.25) is 5.02 Å². The minimum Gasteiger partial charge on any atom is -0.490 e. The molecule has 49 heavy (non-hydrogen) atoms. The number of halogens is 2. The Hall–Kier alpha value is -2.70. The second kappa shape index (κ2) is 13.8. The standard InChI is InChI=1S/C37H47ClFN3O6S/c1-36(2)35(43)40-49(44,45)29-9-12-34-32(20-29)42(23-37(24-47-34)14-3-5-25-19-27(38)8-11-31(25)37)21-26-7-10-30(26)33(6-4-17-48-36)46-18-16-41-15-13-28(39)22-41/h4,6,8-9,11-12,19-20,26,28,30,33H,3,5,7,10,13-18,21-24H2,1-2H3,(H,40,43)/b6-4-/t26-,28+,30+,33-,37-/m0/s1. The molecule has 7 rings (SSSR count). The van der Waals surface area contributed by atoms with Crippen molar-refractivity contribution in [2.45, 2.75) is 80.6 Å². The smallest absolute Gasteiger partial charge is 0.265 e. The predicted molar refractivity (Wildman–Crippen MR) is 187 cm³/mol. The molecule has 9 nitrogen and oxygen atoms in total. The molecule has 0 aromatic heterocycles. The van der Waals surface area contributed by atoms with E-state index in [9.17, 15) is 17.6 Å². The van der Waals surface area contributed by atoms with Crippen LogP contribution in [0.4, 0.5) is 10.1 Å². The first-order valence-corrected chi connectivity index (χ1v) is 19.5. The number of ether oxygens (including phenoxy) is 3. The lowest BCUT2D eigenvalue weighted by Crippen LogP contribution is -2.50. The molecule has 0 radical (unpaired) electrons. The Kier molecular flexibility index (Phi) is 9.77. The largest absolute Gasteiger partial charge is 0.490 e. The van der Waals surface area contributed by atoms with Crippen LogP contribution >= 0.6 is 11.6 Å². The normalized spacial score (nSPS) is 31.8. The molecule has 266 valence electrons. The molecule has 3 aliphatic heterocycles. The number of sulfonamides is 1. The van der Waals surface area contributed by atoms with Crippen LogP contribution in [0, 0.1) is 11.8 Å². The van der Waals surface area contributed by atoms with Crippen LogP contribution in [-0.2, 0) is 36.1 Å². The molecule has 1 saturated heterocycles. The summed E-state index contributed by atoms with van der Waals surface area (Å²) in [5.74, 6) is 0.364. The zero-order valence-electron chi connectivity index (χ0n) is 28.3. The summed E-state index contributed by atoms with van der Waals surface area (Å²) in [6, 6.07) is 11.0. The van der Waals surface area contributed by atoms with Crippen LogP contribution in [0.5, 0.6) is 5.75 Å². The number of carbonyl (C=O) groups is 1. The van der Waals surface area contributed by atoms with E-state index < -0.39 is 27.7 Å². The van der Waals surface area contributed by atoms with E-state index in [0.717, 1.165) is 43.7 Å². The number of rotatable bonds is 4. The fraction of sp³-hybridized carbons (Fsp3) is 0.595. The number of nitrogens with zero attached hydrogens (tertiary/aromatic N) is 2. The molecule has 1 N–H and O–H groups in total. The van der Waals surface area contributed by atoms with Crippen LogP contribution in [0.15, 0.2) is 53.4 Å². The van der Waals surface area contributed by atoms with Crippen molar-refractivity contribution in [2.75, 3.05) is 57.4 Å². The fourth-order valence-corrected chi connectivity index (χ4v) is 9.56. The van der Waals surface area contributed by atoms with Crippen molar-refractivity contribution in [1.82, 2.24) is 9.62 Å². The molecule has 3 heterocycles. The van der Waals surface area contributed by atoms with Gasteiger partial charge in [0.15, 0.2) is 0 Å². The lowest BCUT2D eigenvalue weighted by molar-refractivity contribution is -0.139. The molecule has 5 atom stereocenters. The molecule has 5 aliphatic rings. The third kappa shape index (κ3) is 7.24. The van der Waals surface area contributed by atoms with Crippen molar-refractivity contribution < 1.29 is 31.8 Å². The number of carbonyl (C=O) groups excluding carboxylic acids is 1. The highest BCUT2D eigenvalue weighted by molar-refractivity contribution is 7.90. The Labute approximate surface area is 294 Å². The monoisotopic (exact) mass is 715 g/mol. The van der Waals surface area contributed by atoms with E-state index in [1.54, 1.807) is 26.0 Å². The third-order valence-electron chi connectivity index (χ3n) is 11.2. The number of anilines is 1. The van der Waals surface area contributed by atoms with Gasteiger partial charge in [-0.25, -0.2) is 17.5 Å². The van der Waals surface area contributed by atoms with E-state index in [4.69, 9.17) is 25.8 Å². The van der Waals surface area contributed by atoms with Gasteiger partial charge in [0.2, 0.25) is 0 Å². The molecule has 2 bridgehead atoms. The summed E-state index contributed by atoms with van der Waals surface area (Å²) in [6.45, 7) is 7.37.